The lowest BCUT2D eigenvalue weighted by atomic mass is 10.1. The van der Waals surface area contributed by atoms with E-state index in [-0.39, 0.29) is 11.6 Å². The molecule has 4 aromatic rings. The second-order valence-electron chi connectivity index (χ2n) is 5.73. The number of pyridine rings is 2. The molecule has 0 spiro atoms. The van der Waals surface area contributed by atoms with E-state index in [0.717, 1.165) is 5.56 Å². The Balaban J connectivity index is 1.75. The molecule has 3 heterocycles. The number of benzene rings is 1. The molecule has 0 fully saturated rings. The van der Waals surface area contributed by atoms with Crippen LogP contribution in [0.2, 0.25) is 5.02 Å². The van der Waals surface area contributed by atoms with Crippen molar-refractivity contribution in [2.75, 3.05) is 11.9 Å². The van der Waals surface area contributed by atoms with Gasteiger partial charge in [0, 0.05) is 41.7 Å². The molecule has 2 N–H and O–H groups in total. The number of rotatable bonds is 3. The van der Waals surface area contributed by atoms with Crippen LogP contribution in [0.3, 0.4) is 0 Å². The van der Waals surface area contributed by atoms with Crippen LogP contribution in [0.15, 0.2) is 54.9 Å². The first-order valence-corrected chi connectivity index (χ1v) is 8.13. The van der Waals surface area contributed by atoms with Gasteiger partial charge in [0.1, 0.15) is 5.75 Å². The third kappa shape index (κ3) is 2.89. The van der Waals surface area contributed by atoms with Crippen LogP contribution in [0, 0.1) is 0 Å². The molecule has 0 radical (unpaired) electrons. The molecule has 0 saturated carbocycles. The van der Waals surface area contributed by atoms with E-state index >= 15 is 0 Å². The van der Waals surface area contributed by atoms with Gasteiger partial charge in [0.2, 0.25) is 11.8 Å². The Labute approximate surface area is 153 Å². The number of aromatic nitrogens is 4. The van der Waals surface area contributed by atoms with E-state index in [2.05, 4.69) is 15.1 Å². The molecule has 0 aliphatic carbocycles. The lowest BCUT2D eigenvalue weighted by Gasteiger charge is -2.14. The fraction of sp³-hybridized carbons (Fsp3) is 0.0556. The van der Waals surface area contributed by atoms with Gasteiger partial charge in [-0.15, -0.1) is 5.10 Å². The van der Waals surface area contributed by atoms with Gasteiger partial charge in [-0.25, -0.2) is 9.50 Å². The molecular formula is C18H14ClN5O2. The van der Waals surface area contributed by atoms with Crippen molar-refractivity contribution >= 4 is 28.9 Å². The van der Waals surface area contributed by atoms with Crippen molar-refractivity contribution in [2.45, 2.75) is 0 Å². The van der Waals surface area contributed by atoms with Crippen LogP contribution in [-0.2, 0) is 0 Å². The van der Waals surface area contributed by atoms with Crippen LogP contribution < -0.4 is 4.90 Å². The van der Waals surface area contributed by atoms with Gasteiger partial charge in [0.05, 0.1) is 5.69 Å². The number of anilines is 2. The molecule has 0 unspecified atom stereocenters. The maximum atomic E-state index is 9.71. The van der Waals surface area contributed by atoms with Crippen LogP contribution in [0.25, 0.3) is 16.8 Å². The predicted octanol–water partition coefficient (Wildman–Crippen LogP) is 3.62. The Morgan fingerprint density at radius 2 is 1.92 bits per heavy atom. The lowest BCUT2D eigenvalue weighted by Crippen LogP contribution is -2.11. The zero-order valence-electron chi connectivity index (χ0n) is 13.7. The normalized spacial score (nSPS) is 11.0. The molecule has 0 saturated heterocycles. The summed E-state index contributed by atoms with van der Waals surface area (Å²) in [5, 5.41) is 24.3. The van der Waals surface area contributed by atoms with Gasteiger partial charge in [-0.1, -0.05) is 11.6 Å². The van der Waals surface area contributed by atoms with Crippen LogP contribution in [0.1, 0.15) is 0 Å². The Hall–Kier alpha value is -3.32. The van der Waals surface area contributed by atoms with Crippen LogP contribution >= 0.6 is 11.6 Å². The average molecular weight is 368 g/mol. The smallest absolute Gasteiger partial charge is 0.249 e. The Kier molecular flexibility index (Phi) is 3.85. The topological polar surface area (TPSA) is 86.8 Å². The quantitative estimate of drug-likeness (QED) is 0.575. The van der Waals surface area contributed by atoms with Crippen molar-refractivity contribution in [3.05, 3.63) is 59.9 Å². The number of aromatic hydroxyl groups is 2. The van der Waals surface area contributed by atoms with Crippen molar-refractivity contribution in [3.8, 4) is 22.8 Å². The highest BCUT2D eigenvalue weighted by Crippen LogP contribution is 2.31. The summed E-state index contributed by atoms with van der Waals surface area (Å²) in [6, 6.07) is 11.8. The second-order valence-corrected chi connectivity index (χ2v) is 6.13. The summed E-state index contributed by atoms with van der Waals surface area (Å²) < 4.78 is 1.64. The van der Waals surface area contributed by atoms with Crippen LogP contribution in [0.4, 0.5) is 11.6 Å². The van der Waals surface area contributed by atoms with Crippen molar-refractivity contribution in [3.63, 3.8) is 0 Å². The zero-order chi connectivity index (χ0) is 18.3. The summed E-state index contributed by atoms with van der Waals surface area (Å²) in [5.74, 6) is 0.537. The fourth-order valence-electron chi connectivity index (χ4n) is 2.64. The molecule has 7 nitrogen and oxygen atoms in total. The fourth-order valence-corrected chi connectivity index (χ4v) is 2.87. The molecule has 3 aromatic heterocycles. The maximum absolute atomic E-state index is 9.71. The number of nitrogens with zero attached hydrogens (tertiary/aromatic N) is 5. The molecule has 0 aliphatic heterocycles. The molecule has 8 heteroatoms. The predicted molar refractivity (Wildman–Crippen MR) is 99.1 cm³/mol. The Morgan fingerprint density at radius 3 is 2.73 bits per heavy atom. The minimum atomic E-state index is -0.0704. The highest BCUT2D eigenvalue weighted by molar-refractivity contribution is 6.33. The monoisotopic (exact) mass is 367 g/mol. The molecule has 26 heavy (non-hydrogen) atoms. The SMILES string of the molecule is CN(c1ccnc(O)c1)c1nc2ccc(-c3cc(O)ccc3Cl)cn2n1. The number of phenolic OH excluding ortho intramolecular Hbond substituents is 1. The van der Waals surface area contributed by atoms with E-state index in [1.54, 1.807) is 40.9 Å². The number of hydrogen-bond acceptors (Lipinski definition) is 6. The highest BCUT2D eigenvalue weighted by Gasteiger charge is 2.13. The summed E-state index contributed by atoms with van der Waals surface area (Å²) in [4.78, 5) is 10.0. The molecule has 0 bridgehead atoms. The molecule has 4 rings (SSSR count). The minimum absolute atomic E-state index is 0.0704. The number of fused-ring (bicyclic) bond motifs is 1. The summed E-state index contributed by atoms with van der Waals surface area (Å²) >= 11 is 6.24. The minimum Gasteiger partial charge on any atom is -0.508 e. The third-order valence-corrected chi connectivity index (χ3v) is 4.33. The maximum Gasteiger partial charge on any atom is 0.249 e. The van der Waals surface area contributed by atoms with E-state index in [1.165, 1.54) is 18.3 Å². The van der Waals surface area contributed by atoms with Crippen LogP contribution in [-0.4, -0.2) is 36.8 Å². The molecular weight excluding hydrogens is 354 g/mol. The van der Waals surface area contributed by atoms with Crippen molar-refractivity contribution in [1.82, 2.24) is 19.6 Å². The summed E-state index contributed by atoms with van der Waals surface area (Å²) in [7, 11) is 1.80. The first kappa shape index (κ1) is 16.2. The van der Waals surface area contributed by atoms with Crippen LogP contribution in [0.5, 0.6) is 11.6 Å². The number of hydrogen-bond donors (Lipinski definition) is 2. The van der Waals surface area contributed by atoms with Crippen molar-refractivity contribution in [2.24, 2.45) is 0 Å². The largest absolute Gasteiger partial charge is 0.508 e. The van der Waals surface area contributed by atoms with Gasteiger partial charge < -0.3 is 15.1 Å². The van der Waals surface area contributed by atoms with Gasteiger partial charge in [-0.2, -0.15) is 4.98 Å². The Bertz CT molecular complexity index is 1110. The lowest BCUT2D eigenvalue weighted by molar-refractivity contribution is 0.453. The first-order valence-electron chi connectivity index (χ1n) is 7.75. The summed E-state index contributed by atoms with van der Waals surface area (Å²) in [6.45, 7) is 0. The zero-order valence-corrected chi connectivity index (χ0v) is 14.5. The third-order valence-electron chi connectivity index (χ3n) is 4.00. The molecule has 130 valence electrons. The molecule has 0 atom stereocenters. The summed E-state index contributed by atoms with van der Waals surface area (Å²) in [5.41, 5.74) is 2.88. The number of phenols is 1. The van der Waals surface area contributed by atoms with E-state index in [9.17, 15) is 10.2 Å². The van der Waals surface area contributed by atoms with Gasteiger partial charge in [0.15, 0.2) is 5.65 Å². The van der Waals surface area contributed by atoms with E-state index in [1.807, 2.05) is 12.1 Å². The first-order chi connectivity index (χ1) is 12.5. The number of halogens is 1. The Morgan fingerprint density at radius 1 is 1.08 bits per heavy atom. The second kappa shape index (κ2) is 6.20. The van der Waals surface area contributed by atoms with Crippen molar-refractivity contribution < 1.29 is 10.2 Å². The molecule has 1 aromatic carbocycles. The molecule has 0 amide bonds. The highest BCUT2D eigenvalue weighted by atomic mass is 35.5. The summed E-state index contributed by atoms with van der Waals surface area (Å²) in [6.07, 6.45) is 3.31. The van der Waals surface area contributed by atoms with Gasteiger partial charge >= 0.3 is 0 Å². The van der Waals surface area contributed by atoms with Gasteiger partial charge in [-0.05, 0) is 36.4 Å². The van der Waals surface area contributed by atoms with Gasteiger partial charge in [-0.3, -0.25) is 0 Å². The van der Waals surface area contributed by atoms with Crippen molar-refractivity contribution in [1.29, 1.82) is 0 Å². The van der Waals surface area contributed by atoms with E-state index in [4.69, 9.17) is 11.6 Å². The van der Waals surface area contributed by atoms with E-state index in [0.29, 0.717) is 27.9 Å². The van der Waals surface area contributed by atoms with E-state index < -0.39 is 0 Å². The standard InChI is InChI=1S/C18H14ClN5O2/c1-23(12-6-7-20-17(26)8-12)18-21-16-5-2-11(10-24(16)22-18)14-9-13(25)3-4-15(14)19/h2-10,25H,1H3,(H,20,26). The van der Waals surface area contributed by atoms with Gasteiger partial charge in [0.25, 0.3) is 0 Å². The average Bonchev–Trinajstić information content (AvgIpc) is 3.06. The molecule has 0 aliphatic rings.